The van der Waals surface area contributed by atoms with Crippen molar-refractivity contribution in [2.75, 3.05) is 10.6 Å². The van der Waals surface area contributed by atoms with Gasteiger partial charge in [0.15, 0.2) is 0 Å². The molecule has 0 unspecified atom stereocenters. The van der Waals surface area contributed by atoms with Gasteiger partial charge in [0.25, 0.3) is 11.6 Å². The summed E-state index contributed by atoms with van der Waals surface area (Å²) in [4.78, 5) is 23.1. The first kappa shape index (κ1) is 17.3. The highest BCUT2D eigenvalue weighted by Gasteiger charge is 2.25. The molecule has 1 amide bonds. The summed E-state index contributed by atoms with van der Waals surface area (Å²) in [5, 5.41) is 26.3. The molecule has 0 spiro atoms. The fraction of sp³-hybridized carbons (Fsp3) is 0.438. The third-order valence-electron chi connectivity index (χ3n) is 3.66. The lowest BCUT2D eigenvalue weighted by molar-refractivity contribution is -0.384. The van der Waals surface area contributed by atoms with Crippen molar-refractivity contribution < 1.29 is 9.72 Å². The summed E-state index contributed by atoms with van der Waals surface area (Å²) < 4.78 is 0. The number of benzene rings is 1. The van der Waals surface area contributed by atoms with Gasteiger partial charge in [-0.1, -0.05) is 25.2 Å². The number of carbonyl (C=O) groups is 1. The summed E-state index contributed by atoms with van der Waals surface area (Å²) in [7, 11) is 0. The molecule has 1 aliphatic carbocycles. The van der Waals surface area contributed by atoms with Crippen LogP contribution in [0.3, 0.4) is 0 Å². The number of nitrogens with zero attached hydrogens (tertiary/aromatic N) is 3. The van der Waals surface area contributed by atoms with Crippen LogP contribution in [-0.4, -0.2) is 27.1 Å². The molecule has 0 saturated heterocycles. The normalized spacial score (nSPS) is 13.7. The quantitative estimate of drug-likeness (QED) is 0.577. The van der Waals surface area contributed by atoms with Gasteiger partial charge >= 0.3 is 0 Å². The monoisotopic (exact) mass is 361 g/mol. The van der Waals surface area contributed by atoms with Gasteiger partial charge in [0.05, 0.1) is 4.92 Å². The molecule has 9 heteroatoms. The van der Waals surface area contributed by atoms with E-state index in [2.05, 4.69) is 34.7 Å². The number of hydrogen-bond acceptors (Lipinski definition) is 7. The lowest BCUT2D eigenvalue weighted by Gasteiger charge is -2.07. The van der Waals surface area contributed by atoms with Gasteiger partial charge in [-0.25, -0.2) is 0 Å². The summed E-state index contributed by atoms with van der Waals surface area (Å²) in [5.74, 6) is 0.0129. The molecule has 2 aromatic rings. The van der Waals surface area contributed by atoms with Crippen LogP contribution in [0.25, 0.3) is 0 Å². The van der Waals surface area contributed by atoms with E-state index in [1.807, 2.05) is 0 Å². The Labute approximate surface area is 148 Å². The number of nitro benzene ring substituents is 1. The highest BCUT2D eigenvalue weighted by Crippen LogP contribution is 2.31. The van der Waals surface area contributed by atoms with E-state index in [4.69, 9.17) is 0 Å². The maximum absolute atomic E-state index is 12.4. The number of rotatable bonds is 7. The van der Waals surface area contributed by atoms with E-state index in [1.54, 1.807) is 12.1 Å². The van der Waals surface area contributed by atoms with E-state index < -0.39 is 10.8 Å². The molecule has 1 saturated carbocycles. The van der Waals surface area contributed by atoms with Crippen molar-refractivity contribution in [1.82, 2.24) is 10.2 Å². The summed E-state index contributed by atoms with van der Waals surface area (Å²) in [6, 6.07) is 4.73. The maximum Gasteiger partial charge on any atom is 0.293 e. The van der Waals surface area contributed by atoms with Crippen molar-refractivity contribution in [3.63, 3.8) is 0 Å². The van der Waals surface area contributed by atoms with Crippen LogP contribution >= 0.6 is 11.3 Å². The van der Waals surface area contributed by atoms with Crippen LogP contribution < -0.4 is 10.6 Å². The van der Waals surface area contributed by atoms with Crippen LogP contribution in [0.5, 0.6) is 0 Å². The molecule has 132 valence electrons. The Kier molecular flexibility index (Phi) is 4.93. The van der Waals surface area contributed by atoms with Crippen LogP contribution in [0.1, 0.15) is 42.1 Å². The van der Waals surface area contributed by atoms with Crippen molar-refractivity contribution in [2.24, 2.45) is 5.92 Å². The van der Waals surface area contributed by atoms with Gasteiger partial charge in [-0.2, -0.15) is 0 Å². The third kappa shape index (κ3) is 4.50. The van der Waals surface area contributed by atoms with E-state index in [9.17, 15) is 14.9 Å². The molecule has 0 atom stereocenters. The molecule has 0 aliphatic heterocycles. The van der Waals surface area contributed by atoms with Crippen LogP contribution in [-0.2, 0) is 6.42 Å². The molecular weight excluding hydrogens is 342 g/mol. The second-order valence-electron chi connectivity index (χ2n) is 6.46. The van der Waals surface area contributed by atoms with Gasteiger partial charge in [-0.05, 0) is 30.9 Å². The minimum absolute atomic E-state index is 0.0997. The first-order valence-corrected chi connectivity index (χ1v) is 8.92. The van der Waals surface area contributed by atoms with Gasteiger partial charge < -0.3 is 5.32 Å². The molecule has 1 heterocycles. The zero-order valence-corrected chi connectivity index (χ0v) is 14.8. The van der Waals surface area contributed by atoms with Crippen LogP contribution in [0.15, 0.2) is 18.2 Å². The zero-order chi connectivity index (χ0) is 18.0. The Morgan fingerprint density at radius 2 is 2.16 bits per heavy atom. The van der Waals surface area contributed by atoms with Gasteiger partial charge in [-0.15, -0.1) is 10.2 Å². The number of hydrogen-bond donors (Lipinski definition) is 2. The number of amides is 1. The number of anilines is 2. The van der Waals surface area contributed by atoms with Crippen molar-refractivity contribution in [1.29, 1.82) is 0 Å². The predicted molar refractivity (Wildman–Crippen MR) is 96.1 cm³/mol. The van der Waals surface area contributed by atoms with E-state index >= 15 is 0 Å². The van der Waals surface area contributed by atoms with Crippen molar-refractivity contribution in [3.05, 3.63) is 38.9 Å². The molecular formula is C16H19N5O3S. The van der Waals surface area contributed by atoms with E-state index in [-0.39, 0.29) is 11.3 Å². The summed E-state index contributed by atoms with van der Waals surface area (Å²) >= 11 is 1.31. The minimum atomic E-state index is -0.479. The molecule has 1 fully saturated rings. The molecule has 2 N–H and O–H groups in total. The average Bonchev–Trinajstić information content (AvgIpc) is 3.26. The fourth-order valence-electron chi connectivity index (χ4n) is 2.30. The number of carbonyl (C=O) groups excluding carboxylic acids is 1. The number of nitrogens with one attached hydrogen (secondary N) is 2. The molecule has 1 aliphatic rings. The highest BCUT2D eigenvalue weighted by molar-refractivity contribution is 7.15. The molecule has 1 aromatic heterocycles. The number of nitro groups is 1. The minimum Gasteiger partial charge on any atom is -0.377 e. The molecule has 3 rings (SSSR count). The van der Waals surface area contributed by atoms with E-state index in [0.29, 0.717) is 22.8 Å². The predicted octanol–water partition coefficient (Wildman–Crippen LogP) is 3.47. The SMILES string of the molecule is CC(C)Cc1nnc(NC(=O)c2ccc(NC3CC3)c([N+](=O)[O-])c2)s1. The molecule has 1 aromatic carbocycles. The fourth-order valence-corrected chi connectivity index (χ4v) is 3.25. The van der Waals surface area contributed by atoms with E-state index in [1.165, 1.54) is 17.4 Å². The summed E-state index contributed by atoms with van der Waals surface area (Å²) in [6.07, 6.45) is 2.81. The number of aromatic nitrogens is 2. The molecule has 0 radical (unpaired) electrons. The third-order valence-corrected chi connectivity index (χ3v) is 4.52. The second-order valence-corrected chi connectivity index (χ2v) is 7.52. The van der Waals surface area contributed by atoms with Crippen LogP contribution in [0.4, 0.5) is 16.5 Å². The largest absolute Gasteiger partial charge is 0.377 e. The van der Waals surface area contributed by atoms with Gasteiger partial charge in [0.1, 0.15) is 10.7 Å². The summed E-state index contributed by atoms with van der Waals surface area (Å²) in [6.45, 7) is 4.16. The molecule has 25 heavy (non-hydrogen) atoms. The Hall–Kier alpha value is -2.55. The van der Waals surface area contributed by atoms with Crippen LogP contribution in [0.2, 0.25) is 0 Å². The van der Waals surface area contributed by atoms with Crippen molar-refractivity contribution in [2.45, 2.75) is 39.2 Å². The maximum atomic E-state index is 12.4. The second kappa shape index (κ2) is 7.14. The topological polar surface area (TPSA) is 110 Å². The first-order valence-electron chi connectivity index (χ1n) is 8.11. The Bertz CT molecular complexity index is 801. The lowest BCUT2D eigenvalue weighted by Crippen LogP contribution is -2.13. The smallest absolute Gasteiger partial charge is 0.293 e. The van der Waals surface area contributed by atoms with Crippen LogP contribution in [0, 0.1) is 16.0 Å². The zero-order valence-electron chi connectivity index (χ0n) is 14.0. The first-order chi connectivity index (χ1) is 11.9. The summed E-state index contributed by atoms with van der Waals surface area (Å²) in [5.41, 5.74) is 0.560. The highest BCUT2D eigenvalue weighted by atomic mass is 32.1. The van der Waals surface area contributed by atoms with Gasteiger partial charge in [0.2, 0.25) is 5.13 Å². The Morgan fingerprint density at radius 3 is 2.80 bits per heavy atom. The van der Waals surface area contributed by atoms with E-state index in [0.717, 1.165) is 24.3 Å². The van der Waals surface area contributed by atoms with Gasteiger partial charge in [-0.3, -0.25) is 20.2 Å². The Morgan fingerprint density at radius 1 is 1.40 bits per heavy atom. The standard InChI is InChI=1S/C16H19N5O3S/c1-9(2)7-14-19-20-16(25-14)18-15(22)10-3-6-12(17-11-4-5-11)13(8-10)21(23)24/h3,6,8-9,11,17H,4-5,7H2,1-2H3,(H,18,20,22). The molecule has 8 nitrogen and oxygen atoms in total. The average molecular weight is 361 g/mol. The van der Waals surface area contributed by atoms with Crippen molar-refractivity contribution >= 4 is 33.8 Å². The van der Waals surface area contributed by atoms with Crippen molar-refractivity contribution in [3.8, 4) is 0 Å². The Balaban J connectivity index is 1.73. The lowest BCUT2D eigenvalue weighted by atomic mass is 10.1. The van der Waals surface area contributed by atoms with Gasteiger partial charge in [0, 0.05) is 24.1 Å². The molecule has 0 bridgehead atoms.